The Kier molecular flexibility index (Phi) is 4.21. The molecule has 0 saturated heterocycles. The first-order valence-corrected chi connectivity index (χ1v) is 7.50. The van der Waals surface area contributed by atoms with E-state index in [1.54, 1.807) is 6.20 Å². The monoisotopic (exact) mass is 341 g/mol. The Morgan fingerprint density at radius 1 is 1.50 bits per heavy atom. The molecule has 1 N–H and O–H groups in total. The minimum absolute atomic E-state index is 0.178. The van der Waals surface area contributed by atoms with Gasteiger partial charge >= 0.3 is 5.97 Å². The highest BCUT2D eigenvalue weighted by Gasteiger charge is 2.48. The van der Waals surface area contributed by atoms with Gasteiger partial charge in [-0.05, 0) is 52.7 Å². The number of carbonyl (C=O) groups excluding carboxylic acids is 1. The first-order valence-electron chi connectivity index (χ1n) is 6.71. The number of methoxy groups -OCH3 is 1. The molecule has 0 aliphatic heterocycles. The van der Waals surface area contributed by atoms with E-state index >= 15 is 0 Å². The maximum absolute atomic E-state index is 11.8. The van der Waals surface area contributed by atoms with Crippen molar-refractivity contribution in [1.82, 2.24) is 4.98 Å². The van der Waals surface area contributed by atoms with Gasteiger partial charge in [-0.15, -0.1) is 0 Å². The first kappa shape index (κ1) is 15.4. The van der Waals surface area contributed by atoms with Crippen molar-refractivity contribution >= 4 is 21.9 Å². The molecular weight excluding hydrogens is 322 g/mol. The van der Waals surface area contributed by atoms with E-state index in [0.717, 1.165) is 4.47 Å². The zero-order valence-corrected chi connectivity index (χ0v) is 13.6. The summed E-state index contributed by atoms with van der Waals surface area (Å²) in [6.07, 6.45) is 3.31. The van der Waals surface area contributed by atoms with E-state index in [4.69, 9.17) is 4.74 Å². The van der Waals surface area contributed by atoms with E-state index in [0.29, 0.717) is 25.0 Å². The summed E-state index contributed by atoms with van der Waals surface area (Å²) in [5.74, 6) is -0.371. The average molecular weight is 342 g/mol. The smallest absolute Gasteiger partial charge is 0.309 e. The fourth-order valence-electron chi connectivity index (χ4n) is 3.19. The Bertz CT molecular complexity index is 500. The van der Waals surface area contributed by atoms with Gasteiger partial charge in [0.15, 0.2) is 0 Å². The molecule has 1 aromatic rings. The number of halogens is 1. The lowest BCUT2D eigenvalue weighted by Crippen LogP contribution is -2.45. The number of ether oxygens (including phenoxy) is 1. The number of nitrogens with zero attached hydrogens (tertiary/aromatic N) is 1. The largest absolute Gasteiger partial charge is 0.469 e. The summed E-state index contributed by atoms with van der Waals surface area (Å²) < 4.78 is 5.75. The third-order valence-electron chi connectivity index (χ3n) is 4.23. The molecule has 1 fully saturated rings. The zero-order valence-electron chi connectivity index (χ0n) is 12.0. The SMILES string of the molecule is COC(=O)[C@@H]1CCC(O)(c2ccc(Br)cn2)CC1(C)C. The molecule has 5 heteroatoms. The average Bonchev–Trinajstić information content (AvgIpc) is 2.37. The molecule has 1 saturated carbocycles. The third kappa shape index (κ3) is 2.88. The molecule has 2 rings (SSSR count). The molecule has 1 aliphatic carbocycles. The van der Waals surface area contributed by atoms with Crippen molar-refractivity contribution in [3.05, 3.63) is 28.5 Å². The van der Waals surface area contributed by atoms with E-state index in [2.05, 4.69) is 20.9 Å². The van der Waals surface area contributed by atoms with Crippen molar-refractivity contribution in [2.45, 2.75) is 38.7 Å². The van der Waals surface area contributed by atoms with Gasteiger partial charge in [-0.1, -0.05) is 13.8 Å². The Morgan fingerprint density at radius 2 is 2.20 bits per heavy atom. The molecule has 0 aromatic carbocycles. The number of rotatable bonds is 2. The molecule has 0 spiro atoms. The lowest BCUT2D eigenvalue weighted by Gasteiger charge is -2.45. The van der Waals surface area contributed by atoms with Gasteiger partial charge in [-0.3, -0.25) is 9.78 Å². The normalized spacial score (nSPS) is 28.9. The number of esters is 1. The van der Waals surface area contributed by atoms with Crippen LogP contribution in [0.1, 0.15) is 38.8 Å². The summed E-state index contributed by atoms with van der Waals surface area (Å²) in [5.41, 5.74) is -0.638. The van der Waals surface area contributed by atoms with Crippen LogP contribution in [0.5, 0.6) is 0 Å². The molecule has 1 aromatic heterocycles. The second kappa shape index (κ2) is 5.45. The maximum atomic E-state index is 11.8. The second-order valence-electron chi connectivity index (χ2n) is 6.17. The summed E-state index contributed by atoms with van der Waals surface area (Å²) in [5, 5.41) is 10.9. The van der Waals surface area contributed by atoms with E-state index in [1.165, 1.54) is 7.11 Å². The second-order valence-corrected chi connectivity index (χ2v) is 7.09. The number of hydrogen-bond acceptors (Lipinski definition) is 4. The van der Waals surface area contributed by atoms with Crippen molar-refractivity contribution in [2.75, 3.05) is 7.11 Å². The summed E-state index contributed by atoms with van der Waals surface area (Å²) in [4.78, 5) is 16.2. The highest BCUT2D eigenvalue weighted by Crippen LogP contribution is 2.49. The van der Waals surface area contributed by atoms with Crippen molar-refractivity contribution in [3.8, 4) is 0 Å². The predicted octanol–water partition coefficient (Wildman–Crippen LogP) is 3.03. The van der Waals surface area contributed by atoms with Crippen LogP contribution in [0.4, 0.5) is 0 Å². The molecule has 0 amide bonds. The summed E-state index contributed by atoms with van der Waals surface area (Å²) in [6, 6.07) is 3.71. The number of hydrogen-bond donors (Lipinski definition) is 1. The minimum atomic E-state index is -0.977. The van der Waals surface area contributed by atoms with Crippen molar-refractivity contribution in [3.63, 3.8) is 0 Å². The molecule has 1 unspecified atom stereocenters. The summed E-state index contributed by atoms with van der Waals surface area (Å²) in [7, 11) is 1.41. The van der Waals surface area contributed by atoms with Gasteiger partial charge in [0, 0.05) is 10.7 Å². The molecule has 2 atom stereocenters. The van der Waals surface area contributed by atoms with Crippen molar-refractivity contribution in [1.29, 1.82) is 0 Å². The Balaban J connectivity index is 2.25. The topological polar surface area (TPSA) is 59.4 Å². The van der Waals surface area contributed by atoms with Crippen LogP contribution in [0.25, 0.3) is 0 Å². The molecule has 4 nitrogen and oxygen atoms in total. The van der Waals surface area contributed by atoms with Crippen molar-refractivity contribution < 1.29 is 14.6 Å². The Hall–Kier alpha value is -0.940. The van der Waals surface area contributed by atoms with Gasteiger partial charge in [0.1, 0.15) is 5.60 Å². The number of aliphatic hydroxyl groups is 1. The quantitative estimate of drug-likeness (QED) is 0.840. The molecule has 1 aliphatic rings. The van der Waals surface area contributed by atoms with Crippen LogP contribution in [0.15, 0.2) is 22.8 Å². The van der Waals surface area contributed by atoms with E-state index in [9.17, 15) is 9.90 Å². The highest BCUT2D eigenvalue weighted by molar-refractivity contribution is 9.10. The predicted molar refractivity (Wildman–Crippen MR) is 79.0 cm³/mol. The van der Waals surface area contributed by atoms with Crippen LogP contribution in [-0.2, 0) is 15.1 Å². The van der Waals surface area contributed by atoms with Crippen LogP contribution < -0.4 is 0 Å². The highest BCUT2D eigenvalue weighted by atomic mass is 79.9. The molecule has 20 heavy (non-hydrogen) atoms. The van der Waals surface area contributed by atoms with Crippen LogP contribution in [0.3, 0.4) is 0 Å². The molecular formula is C15H20BrNO3. The van der Waals surface area contributed by atoms with Gasteiger partial charge in [-0.25, -0.2) is 0 Å². The fraction of sp³-hybridized carbons (Fsp3) is 0.600. The van der Waals surface area contributed by atoms with E-state index in [1.807, 2.05) is 26.0 Å². The standard InChI is InChI=1S/C15H20BrNO3/c1-14(2)9-15(19,7-6-11(14)13(18)20-3)12-5-4-10(16)8-17-12/h4-5,8,11,19H,6-7,9H2,1-3H3/t11-,15?/m0/s1. The lowest BCUT2D eigenvalue weighted by atomic mass is 9.62. The summed E-state index contributed by atoms with van der Waals surface area (Å²) >= 11 is 3.34. The zero-order chi connectivity index (χ0) is 15.0. The fourth-order valence-corrected chi connectivity index (χ4v) is 3.42. The summed E-state index contributed by atoms with van der Waals surface area (Å²) in [6.45, 7) is 4.00. The number of carbonyl (C=O) groups is 1. The van der Waals surface area contributed by atoms with Crippen LogP contribution in [-0.4, -0.2) is 23.2 Å². The van der Waals surface area contributed by atoms with Crippen LogP contribution in [0.2, 0.25) is 0 Å². The van der Waals surface area contributed by atoms with E-state index in [-0.39, 0.29) is 17.3 Å². The van der Waals surface area contributed by atoms with Gasteiger partial charge < -0.3 is 9.84 Å². The van der Waals surface area contributed by atoms with Gasteiger partial charge in [0.25, 0.3) is 0 Å². The molecule has 110 valence electrons. The van der Waals surface area contributed by atoms with Gasteiger partial charge in [-0.2, -0.15) is 0 Å². The molecule has 0 radical (unpaired) electrons. The minimum Gasteiger partial charge on any atom is -0.469 e. The van der Waals surface area contributed by atoms with Gasteiger partial charge in [0.05, 0.1) is 18.7 Å². The molecule has 0 bridgehead atoms. The van der Waals surface area contributed by atoms with Crippen LogP contribution in [0, 0.1) is 11.3 Å². The van der Waals surface area contributed by atoms with Crippen LogP contribution >= 0.6 is 15.9 Å². The Labute approximate surface area is 127 Å². The van der Waals surface area contributed by atoms with Gasteiger partial charge in [0.2, 0.25) is 0 Å². The van der Waals surface area contributed by atoms with Crippen molar-refractivity contribution in [2.24, 2.45) is 11.3 Å². The third-order valence-corrected chi connectivity index (χ3v) is 4.70. The first-order chi connectivity index (χ1) is 9.28. The lowest BCUT2D eigenvalue weighted by molar-refractivity contribution is -0.158. The Morgan fingerprint density at radius 3 is 2.70 bits per heavy atom. The number of pyridine rings is 1. The van der Waals surface area contributed by atoms with E-state index < -0.39 is 5.60 Å². The molecule has 1 heterocycles. The maximum Gasteiger partial charge on any atom is 0.309 e. The number of aromatic nitrogens is 1.